The lowest BCUT2D eigenvalue weighted by atomic mass is 10.1. The van der Waals surface area contributed by atoms with Crippen LogP contribution in [0.25, 0.3) is 11.1 Å². The predicted octanol–water partition coefficient (Wildman–Crippen LogP) is 2.56. The number of nitrogens with one attached hydrogen (secondary N) is 1. The molecule has 1 N–H and O–H groups in total. The summed E-state index contributed by atoms with van der Waals surface area (Å²) >= 11 is 1.54. The summed E-state index contributed by atoms with van der Waals surface area (Å²) in [5.74, 6) is -0.0323. The number of pyridine rings is 1. The number of rotatable bonds is 5. The van der Waals surface area contributed by atoms with E-state index in [1.165, 1.54) is 0 Å². The normalized spacial score (nSPS) is 20.3. The molecule has 1 atom stereocenters. The highest BCUT2D eigenvalue weighted by Crippen LogP contribution is 2.39. The maximum atomic E-state index is 12.7. The van der Waals surface area contributed by atoms with Gasteiger partial charge >= 0.3 is 0 Å². The average molecular weight is 373 g/mol. The minimum Gasteiger partial charge on any atom is -0.378 e. The van der Waals surface area contributed by atoms with Gasteiger partial charge in [-0.25, -0.2) is 0 Å². The molecule has 7 heteroatoms. The van der Waals surface area contributed by atoms with Crippen LogP contribution < -0.4 is 10.2 Å². The summed E-state index contributed by atoms with van der Waals surface area (Å²) in [6.45, 7) is 4.48. The van der Waals surface area contributed by atoms with E-state index in [-0.39, 0.29) is 12.0 Å². The molecular formula is C19H23N3O3S. The topological polar surface area (TPSA) is 63.7 Å². The van der Waals surface area contributed by atoms with Gasteiger partial charge < -0.3 is 19.7 Å². The van der Waals surface area contributed by atoms with E-state index in [4.69, 9.17) is 9.47 Å². The number of aromatic nitrogens is 1. The van der Waals surface area contributed by atoms with Gasteiger partial charge in [0.15, 0.2) is 0 Å². The highest BCUT2D eigenvalue weighted by Gasteiger charge is 2.23. The molecule has 6 nitrogen and oxygen atoms in total. The summed E-state index contributed by atoms with van der Waals surface area (Å²) < 4.78 is 11.1. The maximum absolute atomic E-state index is 12.7. The Kier molecular flexibility index (Phi) is 5.48. The third-order valence-electron chi connectivity index (χ3n) is 4.72. The number of amides is 1. The quantitative estimate of drug-likeness (QED) is 0.873. The van der Waals surface area contributed by atoms with E-state index in [0.29, 0.717) is 19.8 Å². The zero-order chi connectivity index (χ0) is 17.8. The van der Waals surface area contributed by atoms with Crippen LogP contribution in [0.5, 0.6) is 0 Å². The van der Waals surface area contributed by atoms with Crippen LogP contribution in [0.2, 0.25) is 0 Å². The molecule has 0 aromatic carbocycles. The first-order chi connectivity index (χ1) is 12.8. The van der Waals surface area contributed by atoms with Crippen molar-refractivity contribution in [2.45, 2.75) is 18.9 Å². The minimum atomic E-state index is -0.0323. The predicted molar refractivity (Wildman–Crippen MR) is 102 cm³/mol. The summed E-state index contributed by atoms with van der Waals surface area (Å²) in [6.07, 6.45) is 5.85. The summed E-state index contributed by atoms with van der Waals surface area (Å²) in [5, 5.41) is 4.14. The van der Waals surface area contributed by atoms with Gasteiger partial charge in [-0.3, -0.25) is 9.78 Å². The molecule has 1 amide bonds. The second-order valence-corrected chi connectivity index (χ2v) is 7.55. The van der Waals surface area contributed by atoms with Gasteiger partial charge in [-0.1, -0.05) is 6.07 Å². The molecule has 0 bridgehead atoms. The van der Waals surface area contributed by atoms with Gasteiger partial charge in [-0.15, -0.1) is 11.3 Å². The summed E-state index contributed by atoms with van der Waals surface area (Å²) in [5.41, 5.74) is 2.09. The average Bonchev–Trinajstić information content (AvgIpc) is 3.37. The Morgan fingerprint density at radius 2 is 2.23 bits per heavy atom. The van der Waals surface area contributed by atoms with Crippen LogP contribution >= 0.6 is 11.3 Å². The largest absolute Gasteiger partial charge is 0.378 e. The van der Waals surface area contributed by atoms with Gasteiger partial charge in [0.05, 0.1) is 29.2 Å². The first-order valence-corrected chi connectivity index (χ1v) is 9.89. The van der Waals surface area contributed by atoms with E-state index in [9.17, 15) is 4.79 Å². The van der Waals surface area contributed by atoms with Gasteiger partial charge in [0, 0.05) is 49.8 Å². The van der Waals surface area contributed by atoms with E-state index < -0.39 is 0 Å². The molecule has 26 heavy (non-hydrogen) atoms. The van der Waals surface area contributed by atoms with Crippen molar-refractivity contribution in [3.05, 3.63) is 35.5 Å². The number of hydrogen-bond acceptors (Lipinski definition) is 6. The van der Waals surface area contributed by atoms with Gasteiger partial charge in [0.25, 0.3) is 5.91 Å². The van der Waals surface area contributed by atoms with Crippen molar-refractivity contribution in [3.63, 3.8) is 0 Å². The number of carbonyl (C=O) groups is 1. The van der Waals surface area contributed by atoms with Crippen LogP contribution in [0.4, 0.5) is 5.00 Å². The van der Waals surface area contributed by atoms with Crippen LogP contribution in [0.15, 0.2) is 30.6 Å². The fourth-order valence-electron chi connectivity index (χ4n) is 3.32. The monoisotopic (exact) mass is 373 g/mol. The van der Waals surface area contributed by atoms with Crippen molar-refractivity contribution in [1.29, 1.82) is 0 Å². The lowest BCUT2D eigenvalue weighted by molar-refractivity contribution is 0.0861. The maximum Gasteiger partial charge on any atom is 0.261 e. The molecule has 0 aliphatic carbocycles. The molecule has 138 valence electrons. The number of ether oxygens (including phenoxy) is 2. The molecule has 2 fully saturated rings. The van der Waals surface area contributed by atoms with Crippen LogP contribution in [0.1, 0.15) is 22.5 Å². The second-order valence-electron chi connectivity index (χ2n) is 6.52. The number of carbonyl (C=O) groups excluding carboxylic acids is 1. The molecule has 2 aromatic heterocycles. The molecule has 0 radical (unpaired) electrons. The van der Waals surface area contributed by atoms with Gasteiger partial charge in [0.2, 0.25) is 0 Å². The zero-order valence-corrected chi connectivity index (χ0v) is 15.5. The number of anilines is 1. The van der Waals surface area contributed by atoms with Crippen molar-refractivity contribution >= 4 is 22.2 Å². The standard InChI is InChI=1S/C19H23N3O3S/c23-18(21-13-15-4-2-8-25-15)17-11-16(14-3-1-5-20-12-14)19(26-17)22-6-9-24-10-7-22/h1,3,5,11-12,15H,2,4,6-10,13H2,(H,21,23). The first kappa shape index (κ1) is 17.5. The highest BCUT2D eigenvalue weighted by atomic mass is 32.1. The molecule has 1 unspecified atom stereocenters. The van der Waals surface area contributed by atoms with Crippen LogP contribution in [0.3, 0.4) is 0 Å². The minimum absolute atomic E-state index is 0.0323. The first-order valence-electron chi connectivity index (χ1n) is 9.08. The van der Waals surface area contributed by atoms with E-state index in [2.05, 4.69) is 15.2 Å². The Labute approximate surface area is 157 Å². The fourth-order valence-corrected chi connectivity index (χ4v) is 4.47. The molecular weight excluding hydrogens is 350 g/mol. The Morgan fingerprint density at radius 1 is 1.35 bits per heavy atom. The zero-order valence-electron chi connectivity index (χ0n) is 14.6. The van der Waals surface area contributed by atoms with Crippen molar-refractivity contribution < 1.29 is 14.3 Å². The molecule has 2 aliphatic rings. The SMILES string of the molecule is O=C(NCC1CCCO1)c1cc(-c2cccnc2)c(N2CCOCC2)s1. The lowest BCUT2D eigenvalue weighted by Crippen LogP contribution is -2.35. The van der Waals surface area contributed by atoms with Crippen LogP contribution in [0, 0.1) is 0 Å². The smallest absolute Gasteiger partial charge is 0.261 e. The summed E-state index contributed by atoms with van der Waals surface area (Å²) in [7, 11) is 0. The molecule has 2 saturated heterocycles. The van der Waals surface area contributed by atoms with Crippen molar-refractivity contribution in [2.24, 2.45) is 0 Å². The Bertz CT molecular complexity index is 738. The van der Waals surface area contributed by atoms with Gasteiger partial charge in [-0.05, 0) is 25.0 Å². The molecule has 0 saturated carbocycles. The van der Waals surface area contributed by atoms with Gasteiger partial charge in [0.1, 0.15) is 0 Å². The number of hydrogen-bond donors (Lipinski definition) is 1. The second kappa shape index (κ2) is 8.16. The van der Waals surface area contributed by atoms with Crippen molar-refractivity contribution in [2.75, 3.05) is 44.4 Å². The van der Waals surface area contributed by atoms with Crippen LogP contribution in [-0.2, 0) is 9.47 Å². The summed E-state index contributed by atoms with van der Waals surface area (Å²) in [6, 6.07) is 5.94. The molecule has 0 spiro atoms. The fraction of sp³-hybridized carbons (Fsp3) is 0.474. The van der Waals surface area contributed by atoms with E-state index in [1.807, 2.05) is 24.4 Å². The molecule has 4 rings (SSSR count). The Hall–Kier alpha value is -1.96. The van der Waals surface area contributed by atoms with Crippen molar-refractivity contribution in [3.8, 4) is 11.1 Å². The van der Waals surface area contributed by atoms with E-state index in [1.54, 1.807) is 17.5 Å². The Balaban J connectivity index is 1.56. The third-order valence-corrected chi connectivity index (χ3v) is 5.92. The van der Waals surface area contributed by atoms with E-state index in [0.717, 1.165) is 53.5 Å². The van der Waals surface area contributed by atoms with Crippen LogP contribution in [-0.4, -0.2) is 56.5 Å². The van der Waals surface area contributed by atoms with Crippen molar-refractivity contribution in [1.82, 2.24) is 10.3 Å². The number of nitrogens with zero attached hydrogens (tertiary/aromatic N) is 2. The molecule has 2 aromatic rings. The van der Waals surface area contributed by atoms with Gasteiger partial charge in [-0.2, -0.15) is 0 Å². The molecule has 2 aliphatic heterocycles. The Morgan fingerprint density at radius 3 is 2.96 bits per heavy atom. The highest BCUT2D eigenvalue weighted by molar-refractivity contribution is 7.18. The lowest BCUT2D eigenvalue weighted by Gasteiger charge is -2.28. The van der Waals surface area contributed by atoms with E-state index >= 15 is 0 Å². The molecule has 4 heterocycles. The number of thiophene rings is 1. The summed E-state index contributed by atoms with van der Waals surface area (Å²) in [4.78, 5) is 19.9. The number of morpholine rings is 1. The third kappa shape index (κ3) is 3.90.